The van der Waals surface area contributed by atoms with Gasteiger partial charge in [0.15, 0.2) is 0 Å². The van der Waals surface area contributed by atoms with Crippen LogP contribution < -0.4 is 5.73 Å². The number of carbonyl (C=O) groups excluding carboxylic acids is 2. The number of rotatable bonds is 4. The Hall–Kier alpha value is -1.40. The minimum absolute atomic E-state index is 0.270. The Kier molecular flexibility index (Phi) is 5.00. The summed E-state index contributed by atoms with van der Waals surface area (Å²) in [5.41, 5.74) is 7.03. The van der Waals surface area contributed by atoms with Crippen molar-refractivity contribution in [1.29, 1.82) is 0 Å². The van der Waals surface area contributed by atoms with Crippen LogP contribution in [0.25, 0.3) is 0 Å². The Morgan fingerprint density at radius 2 is 1.90 bits per heavy atom. The normalized spacial score (nSPS) is 18.9. The topological polar surface area (TPSA) is 66.6 Å². The van der Waals surface area contributed by atoms with Gasteiger partial charge in [0, 0.05) is 30.1 Å². The van der Waals surface area contributed by atoms with Crippen LogP contribution in [0.5, 0.6) is 0 Å². The molecule has 1 saturated heterocycles. The van der Waals surface area contributed by atoms with Crippen LogP contribution in [0.2, 0.25) is 0 Å². The average molecular weight is 354 g/mol. The number of carbonyl (C=O) groups is 2. The first kappa shape index (κ1) is 16.0. The van der Waals surface area contributed by atoms with Crippen molar-refractivity contribution in [2.24, 2.45) is 5.73 Å². The predicted octanol–water partition coefficient (Wildman–Crippen LogP) is 1.53. The molecule has 0 bridgehead atoms. The SMILES string of the molecule is CCN1CCN(C(c2ccccc2Br)C(C)N)C(=O)C1=O. The molecule has 1 aliphatic heterocycles. The van der Waals surface area contributed by atoms with E-state index in [2.05, 4.69) is 15.9 Å². The number of piperazine rings is 1. The molecule has 114 valence electrons. The van der Waals surface area contributed by atoms with E-state index in [1.165, 1.54) is 0 Å². The highest BCUT2D eigenvalue weighted by atomic mass is 79.9. The van der Waals surface area contributed by atoms with Crippen molar-refractivity contribution in [2.75, 3.05) is 19.6 Å². The molecule has 2 atom stereocenters. The number of nitrogens with zero attached hydrogens (tertiary/aromatic N) is 2. The molecule has 1 aliphatic rings. The molecule has 2 unspecified atom stereocenters. The van der Waals surface area contributed by atoms with Crippen LogP contribution in [0.1, 0.15) is 25.5 Å². The Bertz CT molecular complexity index is 547. The number of nitrogens with two attached hydrogens (primary N) is 1. The van der Waals surface area contributed by atoms with E-state index in [0.29, 0.717) is 19.6 Å². The zero-order valence-electron chi connectivity index (χ0n) is 12.3. The summed E-state index contributed by atoms with van der Waals surface area (Å²) >= 11 is 3.50. The highest BCUT2D eigenvalue weighted by Gasteiger charge is 2.38. The van der Waals surface area contributed by atoms with Gasteiger partial charge in [-0.25, -0.2) is 0 Å². The molecule has 6 heteroatoms. The third-order valence-electron chi connectivity index (χ3n) is 3.78. The molecule has 0 aromatic heterocycles. The van der Waals surface area contributed by atoms with Gasteiger partial charge in [0.2, 0.25) is 0 Å². The molecule has 2 N–H and O–H groups in total. The van der Waals surface area contributed by atoms with E-state index >= 15 is 0 Å². The van der Waals surface area contributed by atoms with Gasteiger partial charge in [0.05, 0.1) is 6.04 Å². The molecule has 1 aromatic rings. The summed E-state index contributed by atoms with van der Waals surface area (Å²) in [7, 11) is 0. The molecular formula is C15H20BrN3O2. The largest absolute Gasteiger partial charge is 0.333 e. The van der Waals surface area contributed by atoms with E-state index in [-0.39, 0.29) is 12.1 Å². The maximum Gasteiger partial charge on any atom is 0.312 e. The van der Waals surface area contributed by atoms with Gasteiger partial charge in [-0.15, -0.1) is 0 Å². The summed E-state index contributed by atoms with van der Waals surface area (Å²) < 4.78 is 0.894. The molecule has 2 rings (SSSR count). The molecule has 21 heavy (non-hydrogen) atoms. The second-order valence-electron chi connectivity index (χ2n) is 5.21. The maximum absolute atomic E-state index is 12.4. The minimum Gasteiger partial charge on any atom is -0.333 e. The molecule has 0 aliphatic carbocycles. The fourth-order valence-electron chi connectivity index (χ4n) is 2.71. The van der Waals surface area contributed by atoms with Crippen LogP contribution in [-0.4, -0.2) is 47.3 Å². The van der Waals surface area contributed by atoms with Gasteiger partial charge in [-0.05, 0) is 25.5 Å². The smallest absolute Gasteiger partial charge is 0.312 e. The summed E-state index contributed by atoms with van der Waals surface area (Å²) in [6.45, 7) is 5.34. The van der Waals surface area contributed by atoms with Crippen LogP contribution in [0.15, 0.2) is 28.7 Å². The van der Waals surface area contributed by atoms with Crippen molar-refractivity contribution >= 4 is 27.7 Å². The number of likely N-dealkylation sites (N-methyl/N-ethyl adjacent to an activating group) is 1. The lowest BCUT2D eigenvalue weighted by Crippen LogP contribution is -2.57. The van der Waals surface area contributed by atoms with E-state index in [4.69, 9.17) is 5.73 Å². The minimum atomic E-state index is -0.471. The summed E-state index contributed by atoms with van der Waals surface area (Å²) in [6.07, 6.45) is 0. The van der Waals surface area contributed by atoms with Crippen LogP contribution in [-0.2, 0) is 9.59 Å². The van der Waals surface area contributed by atoms with Gasteiger partial charge in [-0.1, -0.05) is 34.1 Å². The molecule has 0 saturated carbocycles. The second-order valence-corrected chi connectivity index (χ2v) is 6.06. The van der Waals surface area contributed by atoms with Gasteiger partial charge < -0.3 is 15.5 Å². The van der Waals surface area contributed by atoms with Crippen molar-refractivity contribution in [3.8, 4) is 0 Å². The Balaban J connectivity index is 2.34. The van der Waals surface area contributed by atoms with Gasteiger partial charge in [-0.2, -0.15) is 0 Å². The molecule has 0 spiro atoms. The number of benzene rings is 1. The summed E-state index contributed by atoms with van der Waals surface area (Å²) in [5, 5.41) is 0. The Labute approximate surface area is 133 Å². The molecule has 1 fully saturated rings. The van der Waals surface area contributed by atoms with E-state index in [1.807, 2.05) is 38.1 Å². The molecular weight excluding hydrogens is 334 g/mol. The maximum atomic E-state index is 12.4. The summed E-state index contributed by atoms with van der Waals surface area (Å²) in [5.74, 6) is -0.914. The summed E-state index contributed by atoms with van der Waals surface area (Å²) in [6, 6.07) is 7.09. The number of hydrogen-bond donors (Lipinski definition) is 1. The molecule has 1 heterocycles. The highest BCUT2D eigenvalue weighted by molar-refractivity contribution is 9.10. The Morgan fingerprint density at radius 3 is 2.48 bits per heavy atom. The van der Waals surface area contributed by atoms with E-state index in [1.54, 1.807) is 9.80 Å². The predicted molar refractivity (Wildman–Crippen MR) is 84.5 cm³/mol. The van der Waals surface area contributed by atoms with E-state index in [9.17, 15) is 9.59 Å². The molecule has 5 nitrogen and oxygen atoms in total. The third kappa shape index (κ3) is 3.11. The number of amides is 2. The zero-order chi connectivity index (χ0) is 15.6. The van der Waals surface area contributed by atoms with Crippen LogP contribution in [0.3, 0.4) is 0 Å². The fourth-order valence-corrected chi connectivity index (χ4v) is 3.23. The first-order chi connectivity index (χ1) is 9.97. The van der Waals surface area contributed by atoms with Crippen molar-refractivity contribution in [1.82, 2.24) is 9.80 Å². The van der Waals surface area contributed by atoms with Crippen LogP contribution in [0.4, 0.5) is 0 Å². The van der Waals surface area contributed by atoms with Crippen molar-refractivity contribution in [2.45, 2.75) is 25.9 Å². The quantitative estimate of drug-likeness (QED) is 0.834. The lowest BCUT2D eigenvalue weighted by Gasteiger charge is -2.40. The monoisotopic (exact) mass is 353 g/mol. The van der Waals surface area contributed by atoms with Gasteiger partial charge >= 0.3 is 11.8 Å². The standard InChI is InChI=1S/C15H20BrN3O2/c1-3-18-8-9-19(15(21)14(18)20)13(10(2)17)11-6-4-5-7-12(11)16/h4-7,10,13H,3,8-9,17H2,1-2H3. The fraction of sp³-hybridized carbons (Fsp3) is 0.467. The molecule has 1 aromatic carbocycles. The second kappa shape index (κ2) is 6.58. The van der Waals surface area contributed by atoms with Crippen molar-refractivity contribution in [3.05, 3.63) is 34.3 Å². The van der Waals surface area contributed by atoms with Gasteiger partial charge in [-0.3, -0.25) is 9.59 Å². The first-order valence-electron chi connectivity index (χ1n) is 7.07. The van der Waals surface area contributed by atoms with Crippen LogP contribution >= 0.6 is 15.9 Å². The first-order valence-corrected chi connectivity index (χ1v) is 7.86. The molecule has 2 amide bonds. The number of hydrogen-bond acceptors (Lipinski definition) is 3. The van der Waals surface area contributed by atoms with Gasteiger partial charge in [0.1, 0.15) is 0 Å². The average Bonchev–Trinajstić information content (AvgIpc) is 2.45. The van der Waals surface area contributed by atoms with Crippen molar-refractivity contribution < 1.29 is 9.59 Å². The number of halogens is 1. The van der Waals surface area contributed by atoms with E-state index in [0.717, 1.165) is 10.0 Å². The third-order valence-corrected chi connectivity index (χ3v) is 4.50. The Morgan fingerprint density at radius 1 is 1.24 bits per heavy atom. The molecule has 0 radical (unpaired) electrons. The van der Waals surface area contributed by atoms with Crippen LogP contribution in [0, 0.1) is 0 Å². The summed E-state index contributed by atoms with van der Waals surface area (Å²) in [4.78, 5) is 27.6. The van der Waals surface area contributed by atoms with E-state index < -0.39 is 11.8 Å². The van der Waals surface area contributed by atoms with Gasteiger partial charge in [0.25, 0.3) is 0 Å². The van der Waals surface area contributed by atoms with Crippen molar-refractivity contribution in [3.63, 3.8) is 0 Å². The zero-order valence-corrected chi connectivity index (χ0v) is 13.8. The lowest BCUT2D eigenvalue weighted by atomic mass is 9.98. The lowest BCUT2D eigenvalue weighted by molar-refractivity contribution is -0.158. The highest BCUT2D eigenvalue weighted by Crippen LogP contribution is 2.31.